The number of halogens is 3. The van der Waals surface area contributed by atoms with Crippen LogP contribution >= 0.6 is 0 Å². The fourth-order valence-corrected chi connectivity index (χ4v) is 7.58. The van der Waals surface area contributed by atoms with Crippen LogP contribution in [0.5, 0.6) is 0 Å². The van der Waals surface area contributed by atoms with Gasteiger partial charge in [-0.1, -0.05) is 35.5 Å². The first-order valence-electron chi connectivity index (χ1n) is 15.8. The Hall–Kier alpha value is -3.12. The largest absolute Gasteiger partial charge is 0.453 e. The van der Waals surface area contributed by atoms with E-state index in [2.05, 4.69) is 43.4 Å². The number of urea groups is 1. The normalized spacial score (nSPS) is 24.3. The van der Waals surface area contributed by atoms with Gasteiger partial charge in [-0.15, -0.1) is 0 Å². The predicted octanol–water partition coefficient (Wildman–Crippen LogP) is 5.37. The Morgan fingerprint density at radius 3 is 2.32 bits per heavy atom. The highest BCUT2D eigenvalue weighted by Crippen LogP contribution is 2.39. The molecule has 0 unspecified atom stereocenters. The van der Waals surface area contributed by atoms with E-state index in [0.29, 0.717) is 38.4 Å². The average molecular weight is 618 g/mol. The van der Waals surface area contributed by atoms with Crippen molar-refractivity contribution in [2.45, 2.75) is 76.2 Å². The molecule has 0 aliphatic carbocycles. The summed E-state index contributed by atoms with van der Waals surface area (Å²) in [6, 6.07) is 10.6. The van der Waals surface area contributed by atoms with Gasteiger partial charge in [-0.2, -0.15) is 13.2 Å². The molecule has 4 aliphatic heterocycles. The van der Waals surface area contributed by atoms with Gasteiger partial charge in [-0.05, 0) is 63.9 Å². The van der Waals surface area contributed by atoms with Crippen LogP contribution < -0.4 is 0 Å². The maximum absolute atomic E-state index is 13.9. The molecule has 4 saturated heterocycles. The Morgan fingerprint density at radius 2 is 1.68 bits per heavy atom. The van der Waals surface area contributed by atoms with Gasteiger partial charge < -0.3 is 24.0 Å². The first-order valence-corrected chi connectivity index (χ1v) is 15.8. The Bertz CT molecular complexity index is 1310. The highest BCUT2D eigenvalue weighted by Gasteiger charge is 2.47. The van der Waals surface area contributed by atoms with Crippen molar-refractivity contribution in [1.82, 2.24) is 24.8 Å². The van der Waals surface area contributed by atoms with Gasteiger partial charge in [0.05, 0.1) is 11.7 Å². The zero-order valence-electron chi connectivity index (χ0n) is 25.5. The molecule has 4 aliphatic rings. The molecule has 1 atom stereocenters. The maximum Gasteiger partial charge on any atom is 0.453 e. The molecule has 0 N–H and O–H groups in total. The van der Waals surface area contributed by atoms with Crippen LogP contribution in [0.25, 0.3) is 0 Å². The molecule has 0 saturated carbocycles. The molecule has 44 heavy (non-hydrogen) atoms. The molecular formula is C32H42F3N5O4. The van der Waals surface area contributed by atoms with Crippen LogP contribution in [0, 0.1) is 12.8 Å². The first-order chi connectivity index (χ1) is 21.0. The molecule has 1 aromatic carbocycles. The number of benzene rings is 1. The number of likely N-dealkylation sites (tertiary alicyclic amines) is 2. The molecule has 240 valence electrons. The Morgan fingerprint density at radius 1 is 1.02 bits per heavy atom. The second-order valence-corrected chi connectivity index (χ2v) is 13.1. The van der Waals surface area contributed by atoms with Crippen molar-refractivity contribution >= 4 is 11.9 Å². The zero-order valence-corrected chi connectivity index (χ0v) is 25.5. The van der Waals surface area contributed by atoms with Crippen LogP contribution in [-0.4, -0.2) is 101 Å². The Balaban J connectivity index is 1.09. The van der Waals surface area contributed by atoms with Crippen LogP contribution in [0.3, 0.4) is 0 Å². The monoisotopic (exact) mass is 617 g/mol. The van der Waals surface area contributed by atoms with Gasteiger partial charge in [0.15, 0.2) is 0 Å². The number of alkyl halides is 3. The highest BCUT2D eigenvalue weighted by molar-refractivity contribution is 5.96. The summed E-state index contributed by atoms with van der Waals surface area (Å²) in [5, 5.41) is 3.42. The quantitative estimate of drug-likeness (QED) is 0.434. The number of nitrogens with zero attached hydrogens (tertiary/aromatic N) is 5. The van der Waals surface area contributed by atoms with E-state index < -0.39 is 23.4 Å². The number of carbonyl (C=O) groups is 2. The molecule has 9 nitrogen and oxygen atoms in total. The third-order valence-electron chi connectivity index (χ3n) is 10.3. The lowest BCUT2D eigenvalue weighted by Crippen LogP contribution is -2.58. The summed E-state index contributed by atoms with van der Waals surface area (Å²) in [6.45, 7) is 8.90. The van der Waals surface area contributed by atoms with Crippen LogP contribution in [0.1, 0.15) is 78.9 Å². The van der Waals surface area contributed by atoms with Gasteiger partial charge in [0.1, 0.15) is 5.56 Å². The molecule has 0 radical (unpaired) electrons. The summed E-state index contributed by atoms with van der Waals surface area (Å²) in [5.41, 5.74) is 0.449. The van der Waals surface area contributed by atoms with E-state index >= 15 is 0 Å². The average Bonchev–Trinajstić information content (AvgIpc) is 3.58. The van der Waals surface area contributed by atoms with Crippen molar-refractivity contribution in [3.05, 3.63) is 52.9 Å². The number of hydrogen-bond acceptors (Lipinski definition) is 6. The van der Waals surface area contributed by atoms with E-state index in [1.54, 1.807) is 0 Å². The topological polar surface area (TPSA) is 82.4 Å². The van der Waals surface area contributed by atoms with Gasteiger partial charge >= 0.3 is 12.2 Å². The molecule has 0 spiro atoms. The number of aromatic nitrogens is 1. The smallest absolute Gasteiger partial charge is 0.381 e. The number of ether oxygens (including phenoxy) is 1. The van der Waals surface area contributed by atoms with Gasteiger partial charge in [-0.3, -0.25) is 9.69 Å². The van der Waals surface area contributed by atoms with Crippen LogP contribution in [-0.2, 0) is 10.9 Å². The number of piperidine rings is 2. The van der Waals surface area contributed by atoms with Gasteiger partial charge in [0, 0.05) is 64.1 Å². The lowest BCUT2D eigenvalue weighted by atomic mass is 9.85. The SMILES string of the molecule is Cc1noc(C(F)(F)F)c1C(=O)N1CCC(C)(N2CCC(N3C(=O)N(CC4CCOCC4)C[C@H]3c3ccccc3)CC2)CC1. The number of rotatable bonds is 6. The van der Waals surface area contributed by atoms with E-state index in [4.69, 9.17) is 4.74 Å². The van der Waals surface area contributed by atoms with E-state index in [9.17, 15) is 22.8 Å². The molecule has 12 heteroatoms. The summed E-state index contributed by atoms with van der Waals surface area (Å²) in [4.78, 5) is 35.2. The molecule has 3 amide bonds. The zero-order chi connectivity index (χ0) is 31.1. The maximum atomic E-state index is 13.9. The fraction of sp³-hybridized carbons (Fsp3) is 0.656. The molecule has 4 fully saturated rings. The number of hydrogen-bond donors (Lipinski definition) is 0. The van der Waals surface area contributed by atoms with Crippen molar-refractivity contribution < 1.29 is 32.0 Å². The summed E-state index contributed by atoms with van der Waals surface area (Å²) in [6.07, 6.45) is 0.218. The predicted molar refractivity (Wildman–Crippen MR) is 156 cm³/mol. The van der Waals surface area contributed by atoms with E-state index in [0.717, 1.165) is 58.5 Å². The van der Waals surface area contributed by atoms with E-state index in [-0.39, 0.29) is 29.3 Å². The minimum absolute atomic E-state index is 0.0207. The van der Waals surface area contributed by atoms with Crippen molar-refractivity contribution in [1.29, 1.82) is 0 Å². The molecule has 5 heterocycles. The van der Waals surface area contributed by atoms with Crippen molar-refractivity contribution in [2.75, 3.05) is 52.5 Å². The summed E-state index contributed by atoms with van der Waals surface area (Å²) in [5.74, 6) is -1.54. The number of carbonyl (C=O) groups excluding carboxylic acids is 2. The minimum Gasteiger partial charge on any atom is -0.381 e. The van der Waals surface area contributed by atoms with Crippen LogP contribution in [0.4, 0.5) is 18.0 Å². The number of aryl methyl sites for hydroxylation is 1. The van der Waals surface area contributed by atoms with Crippen LogP contribution in [0.15, 0.2) is 34.9 Å². The van der Waals surface area contributed by atoms with Crippen LogP contribution in [0.2, 0.25) is 0 Å². The summed E-state index contributed by atoms with van der Waals surface area (Å²) >= 11 is 0. The third-order valence-corrected chi connectivity index (χ3v) is 10.3. The second-order valence-electron chi connectivity index (χ2n) is 13.1. The summed E-state index contributed by atoms with van der Waals surface area (Å²) < 4.78 is 50.3. The Kier molecular flexibility index (Phi) is 8.67. The molecule has 2 aromatic rings. The highest BCUT2D eigenvalue weighted by atomic mass is 19.4. The first kappa shape index (κ1) is 30.9. The molecule has 0 bridgehead atoms. The van der Waals surface area contributed by atoms with Crippen molar-refractivity contribution in [3.8, 4) is 0 Å². The van der Waals surface area contributed by atoms with Gasteiger partial charge in [-0.25, -0.2) is 4.79 Å². The molecule has 6 rings (SSSR count). The lowest BCUT2D eigenvalue weighted by Gasteiger charge is -2.50. The van der Waals surface area contributed by atoms with Crippen molar-refractivity contribution in [3.63, 3.8) is 0 Å². The van der Waals surface area contributed by atoms with Crippen molar-refractivity contribution in [2.24, 2.45) is 5.92 Å². The molecular weight excluding hydrogens is 575 g/mol. The standard InChI is InChI=1S/C32H42F3N5O4/c1-22-27(28(44-36-22)32(33,34)35)29(41)37-16-12-31(2,13-17-37)39-14-8-25(9-15-39)40-26(24-6-4-3-5-7-24)21-38(30(40)42)20-23-10-18-43-19-11-23/h3-7,23,25-26H,8-21H2,1-2H3/t26-/m0/s1. The fourth-order valence-electron chi connectivity index (χ4n) is 7.58. The minimum atomic E-state index is -4.78. The van der Waals surface area contributed by atoms with E-state index in [1.165, 1.54) is 17.4 Å². The van der Waals surface area contributed by atoms with Gasteiger partial charge in [0.2, 0.25) is 0 Å². The second kappa shape index (κ2) is 12.3. The third kappa shape index (κ3) is 6.07. The number of amides is 3. The van der Waals surface area contributed by atoms with E-state index in [1.807, 2.05) is 18.2 Å². The lowest BCUT2D eigenvalue weighted by molar-refractivity contribution is -0.156. The Labute approximate surface area is 256 Å². The summed E-state index contributed by atoms with van der Waals surface area (Å²) in [7, 11) is 0. The van der Waals surface area contributed by atoms with Gasteiger partial charge in [0.25, 0.3) is 11.7 Å². The molecule has 1 aromatic heterocycles.